The monoisotopic (exact) mass is 352 g/mol. The lowest BCUT2D eigenvalue weighted by Gasteiger charge is -2.10. The molecule has 2 aromatic carbocycles. The predicted molar refractivity (Wildman–Crippen MR) is 88.8 cm³/mol. The maximum Gasteiger partial charge on any atom is 0.342 e. The second-order valence-electron chi connectivity index (χ2n) is 4.83. The number of ether oxygens (including phenoxy) is 2. The number of esters is 1. The minimum Gasteiger partial charge on any atom is -0.496 e. The van der Waals surface area contributed by atoms with Gasteiger partial charge in [0.2, 0.25) is 5.78 Å². The van der Waals surface area contributed by atoms with E-state index in [-0.39, 0.29) is 16.1 Å². The molecular formula is C17H14Cl2O4. The van der Waals surface area contributed by atoms with E-state index in [1.807, 2.05) is 13.0 Å². The third kappa shape index (κ3) is 4.24. The van der Waals surface area contributed by atoms with Gasteiger partial charge in [0.1, 0.15) is 11.3 Å². The molecule has 0 fully saturated rings. The van der Waals surface area contributed by atoms with Gasteiger partial charge in [0.25, 0.3) is 0 Å². The number of Topliss-reactive ketones (excluding diaryl/α,β-unsaturated/α-hetero) is 1. The summed E-state index contributed by atoms with van der Waals surface area (Å²) in [4.78, 5) is 24.2. The molecule has 0 N–H and O–H groups in total. The van der Waals surface area contributed by atoms with E-state index < -0.39 is 18.4 Å². The van der Waals surface area contributed by atoms with Crippen molar-refractivity contribution >= 4 is 35.0 Å². The standard InChI is InChI=1S/C17H14Cl2O4/c1-10-3-6-16(22-2)13(7-10)17(21)23-9-15(20)12-5-4-11(18)8-14(12)19/h3-8H,9H2,1-2H3. The molecule has 0 bridgehead atoms. The number of carbonyl (C=O) groups is 2. The number of methoxy groups -OCH3 is 1. The van der Waals surface area contributed by atoms with Crippen LogP contribution in [-0.4, -0.2) is 25.5 Å². The van der Waals surface area contributed by atoms with Crippen molar-refractivity contribution in [1.82, 2.24) is 0 Å². The number of rotatable bonds is 5. The van der Waals surface area contributed by atoms with Gasteiger partial charge in [-0.15, -0.1) is 0 Å². The first-order valence-corrected chi connectivity index (χ1v) is 7.48. The molecule has 0 amide bonds. The highest BCUT2D eigenvalue weighted by Crippen LogP contribution is 2.23. The van der Waals surface area contributed by atoms with Crippen LogP contribution in [0.2, 0.25) is 10.0 Å². The van der Waals surface area contributed by atoms with Crippen LogP contribution in [-0.2, 0) is 4.74 Å². The van der Waals surface area contributed by atoms with Crippen LogP contribution in [0.5, 0.6) is 5.75 Å². The third-order valence-corrected chi connectivity index (χ3v) is 3.69. The summed E-state index contributed by atoms with van der Waals surface area (Å²) >= 11 is 11.7. The van der Waals surface area contributed by atoms with Gasteiger partial charge >= 0.3 is 5.97 Å². The van der Waals surface area contributed by atoms with Crippen molar-refractivity contribution in [3.05, 3.63) is 63.1 Å². The summed E-state index contributed by atoms with van der Waals surface area (Å²) in [5, 5.41) is 0.639. The predicted octanol–water partition coefficient (Wildman–Crippen LogP) is 4.35. The molecule has 0 unspecified atom stereocenters. The number of halogens is 2. The zero-order chi connectivity index (χ0) is 17.0. The van der Waals surface area contributed by atoms with E-state index in [4.69, 9.17) is 32.7 Å². The van der Waals surface area contributed by atoms with Gasteiger partial charge in [-0.1, -0.05) is 34.8 Å². The molecule has 0 aliphatic rings. The van der Waals surface area contributed by atoms with E-state index in [9.17, 15) is 9.59 Å². The van der Waals surface area contributed by atoms with Crippen molar-refractivity contribution < 1.29 is 19.1 Å². The summed E-state index contributed by atoms with van der Waals surface area (Å²) in [6.07, 6.45) is 0. The van der Waals surface area contributed by atoms with Crippen LogP contribution in [0, 0.1) is 6.92 Å². The first-order valence-electron chi connectivity index (χ1n) is 6.72. The molecule has 0 saturated carbocycles. The van der Waals surface area contributed by atoms with Crippen LogP contribution in [0.1, 0.15) is 26.3 Å². The Morgan fingerprint density at radius 2 is 1.78 bits per heavy atom. The van der Waals surface area contributed by atoms with Gasteiger partial charge in [0, 0.05) is 10.6 Å². The van der Waals surface area contributed by atoms with Crippen molar-refractivity contribution in [1.29, 1.82) is 0 Å². The minimum absolute atomic E-state index is 0.215. The van der Waals surface area contributed by atoms with E-state index in [0.717, 1.165) is 5.56 Å². The lowest BCUT2D eigenvalue weighted by molar-refractivity contribution is 0.0471. The molecule has 4 nitrogen and oxygen atoms in total. The van der Waals surface area contributed by atoms with Crippen molar-refractivity contribution in [2.75, 3.05) is 13.7 Å². The Morgan fingerprint density at radius 1 is 1.04 bits per heavy atom. The van der Waals surface area contributed by atoms with Crippen LogP contribution in [0.4, 0.5) is 0 Å². The fourth-order valence-corrected chi connectivity index (χ4v) is 2.50. The highest BCUT2D eigenvalue weighted by atomic mass is 35.5. The SMILES string of the molecule is COc1ccc(C)cc1C(=O)OCC(=O)c1ccc(Cl)cc1Cl. The Labute approximate surface area is 143 Å². The molecule has 0 aliphatic heterocycles. The van der Waals surface area contributed by atoms with Crippen LogP contribution in [0.25, 0.3) is 0 Å². The fraction of sp³-hybridized carbons (Fsp3) is 0.176. The molecule has 6 heteroatoms. The van der Waals surface area contributed by atoms with Gasteiger partial charge in [0.15, 0.2) is 6.61 Å². The van der Waals surface area contributed by atoms with Crippen LogP contribution < -0.4 is 4.74 Å². The number of hydrogen-bond donors (Lipinski definition) is 0. The van der Waals surface area contributed by atoms with Gasteiger partial charge < -0.3 is 9.47 Å². The number of aryl methyl sites for hydroxylation is 1. The first-order chi connectivity index (χ1) is 10.9. The topological polar surface area (TPSA) is 52.6 Å². The Hall–Kier alpha value is -2.04. The van der Waals surface area contributed by atoms with Gasteiger partial charge in [-0.25, -0.2) is 4.79 Å². The minimum atomic E-state index is -0.635. The van der Waals surface area contributed by atoms with Gasteiger partial charge in [-0.3, -0.25) is 4.79 Å². The molecule has 0 atom stereocenters. The molecule has 120 valence electrons. The van der Waals surface area contributed by atoms with E-state index in [0.29, 0.717) is 10.8 Å². The van der Waals surface area contributed by atoms with Crippen molar-refractivity contribution in [3.8, 4) is 5.75 Å². The van der Waals surface area contributed by atoms with E-state index in [1.165, 1.54) is 19.2 Å². The number of hydrogen-bond acceptors (Lipinski definition) is 4. The molecular weight excluding hydrogens is 339 g/mol. The Balaban J connectivity index is 2.10. The molecule has 0 radical (unpaired) electrons. The molecule has 0 saturated heterocycles. The van der Waals surface area contributed by atoms with Crippen LogP contribution in [0.3, 0.4) is 0 Å². The summed E-state index contributed by atoms with van der Waals surface area (Å²) in [5.41, 5.74) is 1.40. The van der Waals surface area contributed by atoms with Crippen LogP contribution >= 0.6 is 23.2 Å². The van der Waals surface area contributed by atoms with E-state index in [2.05, 4.69) is 0 Å². The molecule has 0 aromatic heterocycles. The molecule has 0 heterocycles. The highest BCUT2D eigenvalue weighted by molar-refractivity contribution is 6.36. The summed E-state index contributed by atoms with van der Waals surface area (Å²) in [7, 11) is 1.46. The summed E-state index contributed by atoms with van der Waals surface area (Å²) < 4.78 is 10.2. The maximum absolute atomic E-state index is 12.1. The first kappa shape index (κ1) is 17.3. The lowest BCUT2D eigenvalue weighted by Crippen LogP contribution is -2.15. The van der Waals surface area contributed by atoms with E-state index in [1.54, 1.807) is 18.2 Å². The fourth-order valence-electron chi connectivity index (χ4n) is 1.98. The van der Waals surface area contributed by atoms with Crippen molar-refractivity contribution in [3.63, 3.8) is 0 Å². The quantitative estimate of drug-likeness (QED) is 0.592. The molecule has 0 spiro atoms. The summed E-state index contributed by atoms with van der Waals surface area (Å²) in [6, 6.07) is 9.63. The average Bonchev–Trinajstić information content (AvgIpc) is 2.52. The van der Waals surface area contributed by atoms with Gasteiger partial charge in [0.05, 0.1) is 12.1 Å². The second-order valence-corrected chi connectivity index (χ2v) is 5.67. The summed E-state index contributed by atoms with van der Waals surface area (Å²) in [6.45, 7) is 1.42. The maximum atomic E-state index is 12.1. The molecule has 23 heavy (non-hydrogen) atoms. The Bertz CT molecular complexity index is 756. The van der Waals surface area contributed by atoms with Crippen LogP contribution in [0.15, 0.2) is 36.4 Å². The number of ketones is 1. The number of carbonyl (C=O) groups excluding carboxylic acids is 2. The second kappa shape index (κ2) is 7.49. The zero-order valence-electron chi connectivity index (χ0n) is 12.6. The smallest absolute Gasteiger partial charge is 0.342 e. The highest BCUT2D eigenvalue weighted by Gasteiger charge is 2.17. The average molecular weight is 353 g/mol. The molecule has 2 rings (SSSR count). The largest absolute Gasteiger partial charge is 0.496 e. The number of benzene rings is 2. The Kier molecular flexibility index (Phi) is 5.64. The molecule has 2 aromatic rings. The van der Waals surface area contributed by atoms with Crippen molar-refractivity contribution in [2.24, 2.45) is 0 Å². The lowest BCUT2D eigenvalue weighted by atomic mass is 10.1. The van der Waals surface area contributed by atoms with E-state index >= 15 is 0 Å². The van der Waals surface area contributed by atoms with Gasteiger partial charge in [-0.05, 0) is 37.3 Å². The normalized spacial score (nSPS) is 10.3. The van der Waals surface area contributed by atoms with Gasteiger partial charge in [-0.2, -0.15) is 0 Å². The summed E-state index contributed by atoms with van der Waals surface area (Å²) in [5.74, 6) is -0.659. The Morgan fingerprint density at radius 3 is 2.43 bits per heavy atom. The van der Waals surface area contributed by atoms with Crippen molar-refractivity contribution in [2.45, 2.75) is 6.92 Å². The third-order valence-electron chi connectivity index (χ3n) is 3.14. The molecule has 0 aliphatic carbocycles. The zero-order valence-corrected chi connectivity index (χ0v) is 14.1.